The number of halogens is 5. The average molecular weight is 593 g/mol. The van der Waals surface area contributed by atoms with E-state index in [0.29, 0.717) is 29.8 Å². The van der Waals surface area contributed by atoms with E-state index in [9.17, 15) is 31.5 Å². The number of alkyl halides is 5. The molecule has 224 valence electrons. The Morgan fingerprint density at radius 3 is 2.12 bits per heavy atom. The molecule has 42 heavy (non-hydrogen) atoms. The van der Waals surface area contributed by atoms with Crippen molar-refractivity contribution in [2.24, 2.45) is 0 Å². The van der Waals surface area contributed by atoms with E-state index in [-0.39, 0.29) is 30.3 Å². The van der Waals surface area contributed by atoms with E-state index in [0.717, 1.165) is 5.56 Å². The van der Waals surface area contributed by atoms with Gasteiger partial charge < -0.3 is 25.7 Å². The SMILES string of the molecule is Nc1ccc(CCCOC(=O)/C=C/c2ccc(OC(=O)c3ccc(OCCCC(F)(F)C(F)(F)F)cc3)cc2)c(N)c1. The molecule has 3 aromatic rings. The first-order chi connectivity index (χ1) is 19.8. The van der Waals surface area contributed by atoms with Crippen molar-refractivity contribution >= 4 is 29.4 Å². The van der Waals surface area contributed by atoms with Gasteiger partial charge in [0.15, 0.2) is 0 Å². The first-order valence-electron chi connectivity index (χ1n) is 12.8. The molecule has 0 amide bonds. The van der Waals surface area contributed by atoms with Gasteiger partial charge in [0.1, 0.15) is 11.5 Å². The summed E-state index contributed by atoms with van der Waals surface area (Å²) in [4.78, 5) is 24.4. The summed E-state index contributed by atoms with van der Waals surface area (Å²) in [7, 11) is 0. The fourth-order valence-electron chi connectivity index (χ4n) is 3.61. The van der Waals surface area contributed by atoms with Crippen LogP contribution in [0, 0.1) is 0 Å². The number of rotatable bonds is 13. The van der Waals surface area contributed by atoms with Crippen LogP contribution in [0.3, 0.4) is 0 Å². The standard InChI is InChI=1S/C30H29F5N2O5/c31-29(32,30(33,34)35)16-2-18-40-24-13-8-22(9-14-24)28(39)42-25-11-4-20(5-12-25)6-15-27(38)41-17-1-3-21-7-10-23(36)19-26(21)37/h4-15,19H,1-3,16-18,36-37H2/b15-6+. The highest BCUT2D eigenvalue weighted by Gasteiger charge is 2.56. The molecule has 0 bridgehead atoms. The molecule has 0 atom stereocenters. The molecule has 0 aliphatic heterocycles. The largest absolute Gasteiger partial charge is 0.494 e. The van der Waals surface area contributed by atoms with Crippen LogP contribution in [0.1, 0.15) is 40.7 Å². The number of nitrogens with two attached hydrogens (primary N) is 2. The minimum absolute atomic E-state index is 0.164. The normalized spacial score (nSPS) is 11.8. The van der Waals surface area contributed by atoms with Gasteiger partial charge in [0.25, 0.3) is 0 Å². The molecule has 4 N–H and O–H groups in total. The monoisotopic (exact) mass is 592 g/mol. The van der Waals surface area contributed by atoms with Gasteiger partial charge in [-0.2, -0.15) is 22.0 Å². The van der Waals surface area contributed by atoms with Crippen LogP contribution in [-0.2, 0) is 16.0 Å². The van der Waals surface area contributed by atoms with Crippen LogP contribution in [0.15, 0.2) is 72.8 Å². The number of nitrogen functional groups attached to an aromatic ring is 2. The summed E-state index contributed by atoms with van der Waals surface area (Å²) in [6, 6.07) is 17.1. The van der Waals surface area contributed by atoms with Crippen molar-refractivity contribution in [3.63, 3.8) is 0 Å². The van der Waals surface area contributed by atoms with Crippen LogP contribution in [0.25, 0.3) is 6.08 Å². The number of hydrogen-bond acceptors (Lipinski definition) is 7. The van der Waals surface area contributed by atoms with Crippen molar-refractivity contribution in [2.45, 2.75) is 37.8 Å². The second-order valence-corrected chi connectivity index (χ2v) is 9.20. The fraction of sp³-hybridized carbons (Fsp3) is 0.267. The number of esters is 2. The first kappa shape index (κ1) is 31.9. The van der Waals surface area contributed by atoms with Crippen molar-refractivity contribution < 1.29 is 45.8 Å². The first-order valence-corrected chi connectivity index (χ1v) is 12.8. The van der Waals surface area contributed by atoms with Crippen LogP contribution < -0.4 is 20.9 Å². The van der Waals surface area contributed by atoms with Gasteiger partial charge in [-0.15, -0.1) is 0 Å². The van der Waals surface area contributed by atoms with Gasteiger partial charge >= 0.3 is 24.0 Å². The van der Waals surface area contributed by atoms with Crippen LogP contribution in [0.4, 0.5) is 33.3 Å². The number of anilines is 2. The van der Waals surface area contributed by atoms with Crippen molar-refractivity contribution in [1.29, 1.82) is 0 Å². The van der Waals surface area contributed by atoms with E-state index in [2.05, 4.69) is 0 Å². The van der Waals surface area contributed by atoms with E-state index in [1.807, 2.05) is 6.07 Å². The van der Waals surface area contributed by atoms with Gasteiger partial charge in [-0.1, -0.05) is 18.2 Å². The Balaban J connectivity index is 1.39. The molecular weight excluding hydrogens is 563 g/mol. The predicted octanol–water partition coefficient (Wildman–Crippen LogP) is 6.62. The number of carbonyl (C=O) groups excluding carboxylic acids is 2. The van der Waals surface area contributed by atoms with Crippen LogP contribution in [0.5, 0.6) is 11.5 Å². The Kier molecular flexibility index (Phi) is 10.9. The van der Waals surface area contributed by atoms with E-state index >= 15 is 0 Å². The van der Waals surface area contributed by atoms with Gasteiger partial charge in [0.2, 0.25) is 0 Å². The molecule has 0 spiro atoms. The molecular formula is C30H29F5N2O5. The highest BCUT2D eigenvalue weighted by molar-refractivity contribution is 5.91. The summed E-state index contributed by atoms with van der Waals surface area (Å²) < 4.78 is 78.1. The zero-order valence-electron chi connectivity index (χ0n) is 22.3. The summed E-state index contributed by atoms with van der Waals surface area (Å²) in [5.74, 6) is -5.53. The van der Waals surface area contributed by atoms with Crippen LogP contribution in [0.2, 0.25) is 0 Å². The Labute approximate surface area is 238 Å². The summed E-state index contributed by atoms with van der Waals surface area (Å²) in [5, 5.41) is 0. The number of carbonyl (C=O) groups is 2. The third-order valence-electron chi connectivity index (χ3n) is 5.92. The lowest BCUT2D eigenvalue weighted by molar-refractivity contribution is -0.284. The lowest BCUT2D eigenvalue weighted by Gasteiger charge is -2.19. The molecule has 0 unspecified atom stereocenters. The molecule has 0 aliphatic rings. The Bertz CT molecular complexity index is 1370. The number of aryl methyl sites for hydroxylation is 1. The molecule has 0 saturated heterocycles. The quantitative estimate of drug-likeness (QED) is 0.0573. The molecule has 0 radical (unpaired) electrons. The van der Waals surface area contributed by atoms with Crippen molar-refractivity contribution in [2.75, 3.05) is 24.7 Å². The lowest BCUT2D eigenvalue weighted by Crippen LogP contribution is -2.36. The lowest BCUT2D eigenvalue weighted by atomic mass is 10.1. The van der Waals surface area contributed by atoms with Crippen molar-refractivity contribution in [1.82, 2.24) is 0 Å². The maximum absolute atomic E-state index is 12.9. The molecule has 0 aliphatic carbocycles. The molecule has 0 heterocycles. The van der Waals surface area contributed by atoms with Crippen molar-refractivity contribution in [3.8, 4) is 11.5 Å². The molecule has 3 aromatic carbocycles. The zero-order chi connectivity index (χ0) is 30.8. The second kappa shape index (κ2) is 14.3. The minimum atomic E-state index is -5.60. The third-order valence-corrected chi connectivity index (χ3v) is 5.92. The number of hydrogen-bond donors (Lipinski definition) is 2. The van der Waals surface area contributed by atoms with E-state index in [4.69, 9.17) is 25.7 Å². The van der Waals surface area contributed by atoms with Gasteiger partial charge in [-0.05, 0) is 85.0 Å². The predicted molar refractivity (Wildman–Crippen MR) is 147 cm³/mol. The summed E-state index contributed by atoms with van der Waals surface area (Å²) >= 11 is 0. The summed E-state index contributed by atoms with van der Waals surface area (Å²) in [5.41, 5.74) is 14.5. The van der Waals surface area contributed by atoms with Crippen LogP contribution in [-0.4, -0.2) is 37.3 Å². The van der Waals surface area contributed by atoms with E-state index in [1.165, 1.54) is 42.5 Å². The molecule has 0 aromatic heterocycles. The fourth-order valence-corrected chi connectivity index (χ4v) is 3.61. The van der Waals surface area contributed by atoms with Gasteiger partial charge in [0.05, 0.1) is 18.8 Å². The third kappa shape index (κ3) is 9.79. The molecule has 7 nitrogen and oxygen atoms in total. The molecule has 12 heteroatoms. The van der Waals surface area contributed by atoms with Crippen molar-refractivity contribution in [3.05, 3.63) is 89.5 Å². The molecule has 3 rings (SSSR count). The molecule has 0 fully saturated rings. The zero-order valence-corrected chi connectivity index (χ0v) is 22.3. The average Bonchev–Trinajstić information content (AvgIpc) is 2.93. The number of benzene rings is 3. The topological polar surface area (TPSA) is 114 Å². The van der Waals surface area contributed by atoms with Gasteiger partial charge in [-0.25, -0.2) is 9.59 Å². The molecule has 0 saturated carbocycles. The highest BCUT2D eigenvalue weighted by Crippen LogP contribution is 2.38. The summed E-state index contributed by atoms with van der Waals surface area (Å²) in [6.45, 7) is -0.135. The summed E-state index contributed by atoms with van der Waals surface area (Å²) in [6.07, 6.45) is -3.43. The smallest absolute Gasteiger partial charge is 0.453 e. The second-order valence-electron chi connectivity index (χ2n) is 9.20. The highest BCUT2D eigenvalue weighted by atomic mass is 19.4. The van der Waals surface area contributed by atoms with Gasteiger partial charge in [0, 0.05) is 23.9 Å². The van der Waals surface area contributed by atoms with E-state index < -0.39 is 36.9 Å². The van der Waals surface area contributed by atoms with Gasteiger partial charge in [-0.3, -0.25) is 0 Å². The number of ether oxygens (including phenoxy) is 3. The Hall–Kier alpha value is -4.61. The van der Waals surface area contributed by atoms with E-state index in [1.54, 1.807) is 30.3 Å². The maximum atomic E-state index is 12.9. The maximum Gasteiger partial charge on any atom is 0.453 e. The van der Waals surface area contributed by atoms with Crippen LogP contribution >= 0.6 is 0 Å². The Morgan fingerprint density at radius 2 is 1.48 bits per heavy atom. The Morgan fingerprint density at radius 1 is 0.810 bits per heavy atom. The minimum Gasteiger partial charge on any atom is -0.494 e.